The molecule has 14 rings (SSSR count). The number of carboxylic acids is 3. The van der Waals surface area contributed by atoms with Crippen molar-refractivity contribution in [3.8, 4) is 17.2 Å². The van der Waals surface area contributed by atoms with Crippen molar-refractivity contribution < 1.29 is 92.0 Å². The van der Waals surface area contributed by atoms with Crippen molar-refractivity contribution in [2.45, 2.75) is 13.8 Å². The van der Waals surface area contributed by atoms with Gasteiger partial charge in [0.05, 0.1) is 89.9 Å². The van der Waals surface area contributed by atoms with Crippen LogP contribution in [-0.4, -0.2) is 93.0 Å². The van der Waals surface area contributed by atoms with E-state index in [-0.39, 0.29) is 104 Å². The Morgan fingerprint density at radius 1 is 0.261 bits per heavy atom. The number of amides is 6. The number of carbonyl (C=O) groups is 12. The highest BCUT2D eigenvalue weighted by atomic mass is 16.6. The number of carboxylic acid groups (broad SMARTS) is 3. The summed E-state index contributed by atoms with van der Waals surface area (Å²) in [5.41, 5.74) is 13.9. The summed E-state index contributed by atoms with van der Waals surface area (Å²) in [6.45, 7) is 4.04. The molecule has 0 aromatic heterocycles. The number of nitrogens with one attached hydrogen (secondary N) is 6. The highest BCUT2D eigenvalue weighted by Crippen LogP contribution is 2.35. The van der Waals surface area contributed by atoms with E-state index in [1.807, 2.05) is 0 Å². The topological polar surface area (TPSA) is 583 Å². The van der Waals surface area contributed by atoms with Gasteiger partial charge in [-0.15, -0.1) is 0 Å². The number of ether oxygens (including phenoxy) is 3. The maximum atomic E-state index is 13.8. The molecule has 0 heterocycles. The van der Waals surface area contributed by atoms with Crippen LogP contribution in [0, 0.1) is 24.0 Å². The molecule has 40 nitrogen and oxygen atoms in total. The Balaban J connectivity index is 0.000000233. The van der Waals surface area contributed by atoms with Gasteiger partial charge >= 0.3 is 17.9 Å². The van der Waals surface area contributed by atoms with E-state index < -0.39 is 58.3 Å². The zero-order chi connectivity index (χ0) is 97.7. The van der Waals surface area contributed by atoms with Crippen LogP contribution in [0.2, 0.25) is 0 Å². The van der Waals surface area contributed by atoms with Crippen LogP contribution in [-0.2, 0) is 14.4 Å². The quantitative estimate of drug-likeness (QED) is 0.00589. The molecule has 0 radical (unpaired) electrons. The van der Waals surface area contributed by atoms with Gasteiger partial charge in [-0.2, -0.15) is 61.4 Å². The Morgan fingerprint density at radius 2 is 0.457 bits per heavy atom. The third-order valence-electron chi connectivity index (χ3n) is 19.0. The number of nitrogens with two attached hydrogens (primary N) is 1. The first kappa shape index (κ1) is 95.1. The number of hydrogen-bond acceptors (Lipinski definition) is 30. The number of nitrogen functional groups attached to an aromatic ring is 1. The molecule has 0 aliphatic heterocycles. The first-order chi connectivity index (χ1) is 66.6. The molecule has 0 aliphatic carbocycles. The zero-order valence-corrected chi connectivity index (χ0v) is 71.8. The number of nitro benzene ring substituents is 1. The smallest absolute Gasteiger partial charge is 0.335 e. The number of nitro groups is 1. The largest absolute Gasteiger partial charge is 0.478 e. The summed E-state index contributed by atoms with van der Waals surface area (Å²) < 4.78 is 14.4. The molecule has 11 N–H and O–H groups in total. The van der Waals surface area contributed by atoms with Gasteiger partial charge in [-0.3, -0.25) is 53.3 Å². The van der Waals surface area contributed by atoms with Crippen molar-refractivity contribution >= 4 is 187 Å². The number of azo groups is 6. The van der Waals surface area contributed by atoms with Crippen LogP contribution >= 0.6 is 0 Å². The Hall–Kier alpha value is -20.5. The minimum atomic E-state index is -1.26. The summed E-state index contributed by atoms with van der Waals surface area (Å²) in [6.07, 6.45) is 0. The highest BCUT2D eigenvalue weighted by molar-refractivity contribution is 6.15. The van der Waals surface area contributed by atoms with Crippen LogP contribution in [0.1, 0.15) is 104 Å². The molecule has 0 saturated heterocycles. The van der Waals surface area contributed by atoms with E-state index in [0.717, 1.165) is 6.07 Å². The van der Waals surface area contributed by atoms with Gasteiger partial charge in [0.2, 0.25) is 0 Å². The fraction of sp³-hybridized carbons (Fsp3) is 0.0204. The summed E-state index contributed by atoms with van der Waals surface area (Å²) in [7, 11) is 0. The Labute approximate surface area is 779 Å². The van der Waals surface area contributed by atoms with E-state index in [9.17, 15) is 83.0 Å². The number of aromatic carboxylic acids is 3. The van der Waals surface area contributed by atoms with E-state index in [4.69, 9.17) is 19.9 Å². The fourth-order valence-electron chi connectivity index (χ4n) is 12.4. The standard InChI is InChI=1S/C49H34N10O11.C49H36N10O9/c1-29-18-33(49(65)66)23-41(19-29)57-55-38-10-4-35(5-11-38)51-47(63)31-20-30(46(62)50-34-2-8-37(9-3-34)53-54-40-14-16-43(17-15-40)59(67)68)21-32(22-31)48(64)52-36-6-12-39(13-7-36)56-58-42-24-44(69-27-60)26-45(25-42)70-28-61;1-28-18-32(48(64)65)23-42(19-28)58-56-40-14-8-36(9-15-40)52-46(62)30-20-29(45(61)51-35-6-12-39(13-7-35)55-54-38-4-2-34(50)3-5-38)21-31(22-30)47(63)53-37-10-16-41(17-11-37)57-59-43-24-33(49(66)67)25-44(26-43)68-27-60/h2-28H,1H3,(H,50,62)(H,51,63)(H,52,64)(H,65,66);2-27H,50H2,1H3,(H,51,61)(H,52,62)(H,53,63)(H,64,65)(H,66,67). The number of hydrogen-bond donors (Lipinski definition) is 10. The second-order valence-electron chi connectivity index (χ2n) is 29.2. The number of anilines is 7. The van der Waals surface area contributed by atoms with Gasteiger partial charge in [-0.1, -0.05) is 0 Å². The van der Waals surface area contributed by atoms with E-state index >= 15 is 0 Å². The molecule has 40 heteroatoms. The van der Waals surface area contributed by atoms with Gasteiger partial charge in [0.1, 0.15) is 17.2 Å². The van der Waals surface area contributed by atoms with Gasteiger partial charge in [0, 0.05) is 110 Å². The Bertz CT molecular complexity index is 7220. The first-order valence-corrected chi connectivity index (χ1v) is 40.5. The SMILES string of the molecule is Cc1cc(N=Nc2ccc(NC(=O)c3cc(C(=O)Nc4ccc(N=Nc5ccc(N)cc5)cc4)cc(C(=O)Nc4ccc(N=Nc5cc(OC=O)cc(C(=O)O)c5)cc4)c3)cc2)cc(C(=O)O)c1.Cc1cc(N=Nc2ccc(NC(=O)c3cc(C(=O)Nc4ccc(N=Nc5ccc([N+](=O)[O-])cc5)cc4)cc(C(=O)Nc4ccc(N=Nc5cc(OC=O)cc(OC=O)c5)cc4)c3)cc2)cc(C(=O)O)c1. The van der Waals surface area contributed by atoms with Gasteiger partial charge < -0.3 is 67.2 Å². The normalized spacial score (nSPS) is 11.0. The first-order valence-electron chi connectivity index (χ1n) is 40.5. The van der Waals surface area contributed by atoms with Gasteiger partial charge in [-0.25, -0.2) is 14.4 Å². The molecule has 0 atom stereocenters. The lowest BCUT2D eigenvalue weighted by atomic mass is 10.0. The van der Waals surface area contributed by atoms with Crippen LogP contribution < -0.4 is 51.8 Å². The fourth-order valence-corrected chi connectivity index (χ4v) is 12.4. The molecule has 0 bridgehead atoms. The van der Waals surface area contributed by atoms with Crippen LogP contribution in [0.5, 0.6) is 17.2 Å². The average Bonchev–Trinajstić information content (AvgIpc) is 0.813. The van der Waals surface area contributed by atoms with Gasteiger partial charge in [-0.05, 0) is 292 Å². The molecule has 0 fully saturated rings. The van der Waals surface area contributed by atoms with E-state index in [2.05, 4.69) is 93.3 Å². The average molecular weight is 1850 g/mol. The lowest BCUT2D eigenvalue weighted by molar-refractivity contribution is -0.384. The molecule has 6 amide bonds. The minimum Gasteiger partial charge on any atom is -0.478 e. The number of non-ortho nitro benzene ring substituents is 1. The number of benzene rings is 14. The number of carbonyl (C=O) groups excluding carboxylic acids is 9. The second-order valence-corrected chi connectivity index (χ2v) is 29.2. The van der Waals surface area contributed by atoms with Gasteiger partial charge in [0.15, 0.2) is 0 Å². The predicted molar refractivity (Wildman–Crippen MR) is 504 cm³/mol. The van der Waals surface area contributed by atoms with Crippen molar-refractivity contribution in [3.05, 3.63) is 375 Å². The van der Waals surface area contributed by atoms with Crippen LogP contribution in [0.3, 0.4) is 0 Å². The van der Waals surface area contributed by atoms with E-state index in [1.54, 1.807) is 159 Å². The maximum absolute atomic E-state index is 13.8. The van der Waals surface area contributed by atoms with Crippen molar-refractivity contribution in [1.29, 1.82) is 0 Å². The van der Waals surface area contributed by atoms with Crippen molar-refractivity contribution in [2.24, 2.45) is 61.4 Å². The third kappa shape index (κ3) is 27.5. The lowest BCUT2D eigenvalue weighted by Crippen LogP contribution is -2.19. The molecule has 0 unspecified atom stereocenters. The second kappa shape index (κ2) is 45.2. The molecule has 14 aromatic rings. The summed E-state index contributed by atoms with van der Waals surface area (Å²) >= 11 is 0. The molecule has 0 aliphatic rings. The summed E-state index contributed by atoms with van der Waals surface area (Å²) in [4.78, 5) is 160. The lowest BCUT2D eigenvalue weighted by Gasteiger charge is -2.12. The van der Waals surface area contributed by atoms with Crippen LogP contribution in [0.25, 0.3) is 0 Å². The molecule has 682 valence electrons. The molecular weight excluding hydrogens is 1780 g/mol. The minimum absolute atomic E-state index is 0.0164. The molecule has 138 heavy (non-hydrogen) atoms. The number of aryl methyl sites for hydroxylation is 2. The Kier molecular flexibility index (Phi) is 31.1. The van der Waals surface area contributed by atoms with Crippen LogP contribution in [0.15, 0.2) is 365 Å². The molecule has 14 aromatic carbocycles. The zero-order valence-electron chi connectivity index (χ0n) is 71.8. The monoisotopic (exact) mass is 1850 g/mol. The van der Waals surface area contributed by atoms with E-state index in [1.165, 1.54) is 152 Å². The molecule has 0 saturated carbocycles. The highest BCUT2D eigenvalue weighted by Gasteiger charge is 2.22. The Morgan fingerprint density at radius 3 is 0.681 bits per heavy atom. The summed E-state index contributed by atoms with van der Waals surface area (Å²) in [6, 6.07) is 75.0. The third-order valence-corrected chi connectivity index (χ3v) is 19.0. The molecule has 0 spiro atoms. The molecular formula is C98H70N20O20. The van der Waals surface area contributed by atoms with E-state index in [0.29, 0.717) is 108 Å². The van der Waals surface area contributed by atoms with Crippen molar-refractivity contribution in [1.82, 2.24) is 0 Å². The number of nitrogens with zero attached hydrogens (tertiary/aromatic N) is 13. The summed E-state index contributed by atoms with van der Waals surface area (Å²) in [5, 5.41) is 105. The predicted octanol–water partition coefficient (Wildman–Crippen LogP) is 23.2. The van der Waals surface area contributed by atoms with Gasteiger partial charge in [0.25, 0.3) is 60.5 Å². The maximum Gasteiger partial charge on any atom is 0.335 e. The van der Waals surface area contributed by atoms with Crippen molar-refractivity contribution in [3.63, 3.8) is 0 Å². The number of rotatable bonds is 34. The summed E-state index contributed by atoms with van der Waals surface area (Å²) in [5.74, 6) is -7.29. The van der Waals surface area contributed by atoms with Crippen LogP contribution in [0.4, 0.5) is 114 Å². The van der Waals surface area contributed by atoms with Crippen molar-refractivity contribution in [2.75, 3.05) is 37.6 Å².